The van der Waals surface area contributed by atoms with E-state index in [2.05, 4.69) is 12.2 Å². The minimum absolute atomic E-state index is 0.219. The van der Waals surface area contributed by atoms with E-state index >= 15 is 0 Å². The Bertz CT molecular complexity index is 193. The molecule has 3 heteroatoms. The minimum atomic E-state index is -0.324. The molecule has 1 aliphatic heterocycles. The molecule has 1 heterocycles. The van der Waals surface area contributed by atoms with Crippen molar-refractivity contribution in [3.05, 3.63) is 0 Å². The second kappa shape index (κ2) is 3.05. The van der Waals surface area contributed by atoms with E-state index in [1.807, 2.05) is 25.8 Å². The molecule has 3 nitrogen and oxygen atoms in total. The summed E-state index contributed by atoms with van der Waals surface area (Å²) in [5, 5.41) is 3.34. The van der Waals surface area contributed by atoms with Gasteiger partial charge in [0.2, 0.25) is 5.91 Å². The van der Waals surface area contributed by atoms with Crippen LogP contribution in [0, 0.1) is 0 Å². The number of nitrogens with zero attached hydrogens (tertiary/aromatic N) is 1. The summed E-state index contributed by atoms with van der Waals surface area (Å²) in [5.41, 5.74) is -0.324. The summed E-state index contributed by atoms with van der Waals surface area (Å²) in [5.74, 6) is 0.219. The summed E-state index contributed by atoms with van der Waals surface area (Å²) in [6.07, 6.45) is 2.05. The van der Waals surface area contributed by atoms with E-state index in [4.69, 9.17) is 0 Å². The molecule has 0 radical (unpaired) electrons. The van der Waals surface area contributed by atoms with Gasteiger partial charge >= 0.3 is 0 Å². The summed E-state index contributed by atoms with van der Waals surface area (Å²) in [4.78, 5) is 13.5. The van der Waals surface area contributed by atoms with Crippen molar-refractivity contribution in [2.45, 2.75) is 45.3 Å². The molecule has 0 saturated carbocycles. The average molecular weight is 170 g/mol. The third kappa shape index (κ3) is 1.22. The van der Waals surface area contributed by atoms with Crippen molar-refractivity contribution >= 4 is 5.91 Å². The van der Waals surface area contributed by atoms with Gasteiger partial charge in [-0.15, -0.1) is 0 Å². The van der Waals surface area contributed by atoms with Crippen LogP contribution in [0.2, 0.25) is 0 Å². The second-order valence-electron chi connectivity index (χ2n) is 3.67. The number of carbonyl (C=O) groups excluding carboxylic acids is 1. The molecule has 0 aromatic carbocycles. The second-order valence-corrected chi connectivity index (χ2v) is 3.67. The lowest BCUT2D eigenvalue weighted by molar-refractivity contribution is -0.131. The van der Waals surface area contributed by atoms with Gasteiger partial charge in [0.15, 0.2) is 0 Å². The van der Waals surface area contributed by atoms with Crippen LogP contribution >= 0.6 is 0 Å². The zero-order valence-electron chi connectivity index (χ0n) is 8.35. The molecule has 0 spiro atoms. The van der Waals surface area contributed by atoms with Gasteiger partial charge in [0.1, 0.15) is 0 Å². The number of rotatable bonds is 2. The molecule has 1 fully saturated rings. The Hall–Kier alpha value is -0.570. The van der Waals surface area contributed by atoms with Gasteiger partial charge in [-0.05, 0) is 19.8 Å². The van der Waals surface area contributed by atoms with Crippen molar-refractivity contribution in [1.29, 1.82) is 0 Å². The van der Waals surface area contributed by atoms with Crippen molar-refractivity contribution in [3.63, 3.8) is 0 Å². The maximum absolute atomic E-state index is 11.7. The predicted molar refractivity (Wildman–Crippen MR) is 48.7 cm³/mol. The van der Waals surface area contributed by atoms with Crippen molar-refractivity contribution < 1.29 is 4.79 Å². The summed E-state index contributed by atoms with van der Waals surface area (Å²) in [7, 11) is 1.87. The van der Waals surface area contributed by atoms with Crippen LogP contribution in [0.4, 0.5) is 0 Å². The summed E-state index contributed by atoms with van der Waals surface area (Å²) in [6.45, 7) is 6.10. The highest BCUT2D eigenvalue weighted by atomic mass is 16.2. The van der Waals surface area contributed by atoms with Gasteiger partial charge in [0.25, 0.3) is 0 Å². The van der Waals surface area contributed by atoms with E-state index in [1.54, 1.807) is 0 Å². The van der Waals surface area contributed by atoms with E-state index in [9.17, 15) is 4.79 Å². The van der Waals surface area contributed by atoms with Gasteiger partial charge in [0.05, 0.1) is 11.7 Å². The van der Waals surface area contributed by atoms with Gasteiger partial charge in [-0.3, -0.25) is 10.1 Å². The van der Waals surface area contributed by atoms with Gasteiger partial charge in [-0.25, -0.2) is 0 Å². The Morgan fingerprint density at radius 3 is 2.42 bits per heavy atom. The normalized spacial score (nSPS) is 36.2. The third-order valence-corrected chi connectivity index (χ3v) is 2.84. The molecule has 1 rings (SSSR count). The molecule has 1 N–H and O–H groups in total. The topological polar surface area (TPSA) is 32.3 Å². The Morgan fingerprint density at radius 2 is 2.17 bits per heavy atom. The zero-order chi connectivity index (χ0) is 9.35. The Balaban J connectivity index is 2.80. The third-order valence-electron chi connectivity index (χ3n) is 2.84. The van der Waals surface area contributed by atoms with Crippen LogP contribution in [0.15, 0.2) is 0 Å². The van der Waals surface area contributed by atoms with E-state index in [0.717, 1.165) is 12.8 Å². The molecule has 0 aromatic rings. The molecule has 1 aliphatic rings. The highest BCUT2D eigenvalue weighted by Crippen LogP contribution is 2.22. The maximum Gasteiger partial charge on any atom is 0.243 e. The highest BCUT2D eigenvalue weighted by molar-refractivity contribution is 5.88. The molecule has 0 aromatic heterocycles. The van der Waals surface area contributed by atoms with E-state index in [0.29, 0.717) is 0 Å². The Morgan fingerprint density at radius 1 is 1.58 bits per heavy atom. The van der Waals surface area contributed by atoms with Gasteiger partial charge in [0, 0.05) is 7.05 Å². The Labute approximate surface area is 74.1 Å². The SMILES string of the molecule is CCC1NC(C)(CC)C(=O)N1C. The number of likely N-dealkylation sites (N-methyl/N-ethyl adjacent to an activating group) is 1. The molecular formula is C9H18N2O. The standard InChI is InChI=1S/C9H18N2O/c1-5-7-10-9(3,6-2)8(12)11(7)4/h7,10H,5-6H2,1-4H3. The lowest BCUT2D eigenvalue weighted by Crippen LogP contribution is -2.43. The molecule has 12 heavy (non-hydrogen) atoms. The first kappa shape index (κ1) is 9.52. The fraction of sp³-hybridized carbons (Fsp3) is 0.889. The van der Waals surface area contributed by atoms with Crippen molar-refractivity contribution in [2.75, 3.05) is 7.05 Å². The van der Waals surface area contributed by atoms with Gasteiger partial charge < -0.3 is 4.90 Å². The zero-order valence-corrected chi connectivity index (χ0v) is 8.35. The fourth-order valence-electron chi connectivity index (χ4n) is 1.69. The highest BCUT2D eigenvalue weighted by Gasteiger charge is 2.43. The largest absolute Gasteiger partial charge is 0.329 e. The van der Waals surface area contributed by atoms with Crippen molar-refractivity contribution in [3.8, 4) is 0 Å². The van der Waals surface area contributed by atoms with Crippen LogP contribution in [0.5, 0.6) is 0 Å². The smallest absolute Gasteiger partial charge is 0.243 e. The first-order chi connectivity index (χ1) is 5.55. The predicted octanol–water partition coefficient (Wildman–Crippen LogP) is 0.953. The molecule has 1 amide bonds. The number of carbonyl (C=O) groups is 1. The van der Waals surface area contributed by atoms with Crippen LogP contribution in [-0.4, -0.2) is 29.6 Å². The number of nitrogens with one attached hydrogen (secondary N) is 1. The first-order valence-corrected chi connectivity index (χ1v) is 4.60. The van der Waals surface area contributed by atoms with Crippen LogP contribution in [0.1, 0.15) is 33.6 Å². The van der Waals surface area contributed by atoms with E-state index in [1.165, 1.54) is 0 Å². The maximum atomic E-state index is 11.7. The Kier molecular flexibility index (Phi) is 2.42. The number of amides is 1. The molecule has 70 valence electrons. The summed E-state index contributed by atoms with van der Waals surface area (Å²) < 4.78 is 0. The molecule has 0 aliphatic carbocycles. The van der Waals surface area contributed by atoms with Crippen LogP contribution in [-0.2, 0) is 4.79 Å². The van der Waals surface area contributed by atoms with E-state index < -0.39 is 0 Å². The quantitative estimate of drug-likeness (QED) is 0.669. The van der Waals surface area contributed by atoms with Crippen LogP contribution < -0.4 is 5.32 Å². The minimum Gasteiger partial charge on any atom is -0.329 e. The first-order valence-electron chi connectivity index (χ1n) is 4.60. The van der Waals surface area contributed by atoms with Gasteiger partial charge in [-0.2, -0.15) is 0 Å². The van der Waals surface area contributed by atoms with E-state index in [-0.39, 0.29) is 17.6 Å². The van der Waals surface area contributed by atoms with Crippen LogP contribution in [0.25, 0.3) is 0 Å². The van der Waals surface area contributed by atoms with Crippen molar-refractivity contribution in [2.24, 2.45) is 0 Å². The van der Waals surface area contributed by atoms with Gasteiger partial charge in [-0.1, -0.05) is 13.8 Å². The molecule has 2 unspecified atom stereocenters. The average Bonchev–Trinajstić information content (AvgIpc) is 2.31. The molecule has 1 saturated heterocycles. The lowest BCUT2D eigenvalue weighted by Gasteiger charge is -2.19. The summed E-state index contributed by atoms with van der Waals surface area (Å²) >= 11 is 0. The number of hydrogen-bond donors (Lipinski definition) is 1. The fourth-order valence-corrected chi connectivity index (χ4v) is 1.69. The molecule has 2 atom stereocenters. The lowest BCUT2D eigenvalue weighted by atomic mass is 10.00. The molecule has 0 bridgehead atoms. The monoisotopic (exact) mass is 170 g/mol. The summed E-state index contributed by atoms with van der Waals surface area (Å²) in [6, 6.07) is 0. The van der Waals surface area contributed by atoms with Crippen molar-refractivity contribution in [1.82, 2.24) is 10.2 Å². The number of hydrogen-bond acceptors (Lipinski definition) is 2. The molecular weight excluding hydrogens is 152 g/mol. The van der Waals surface area contributed by atoms with Crippen LogP contribution in [0.3, 0.4) is 0 Å².